The van der Waals surface area contributed by atoms with Crippen LogP contribution in [0.15, 0.2) is 64.2 Å². The molecule has 2 aliphatic heterocycles. The molecule has 5 saturated carbocycles. The molecular weight excluding hydrogens is 378 g/mol. The molecule has 6 nitrogen and oxygen atoms in total. The maximum absolute atomic E-state index is 14.0. The Bertz CT molecular complexity index is 1340. The van der Waals surface area contributed by atoms with Crippen molar-refractivity contribution in [1.29, 1.82) is 0 Å². The molecule has 3 heterocycles. The highest BCUT2D eigenvalue weighted by Crippen LogP contribution is 2.97. The Labute approximate surface area is 171 Å². The summed E-state index contributed by atoms with van der Waals surface area (Å²) in [6, 6.07) is 8.46. The van der Waals surface area contributed by atoms with Crippen molar-refractivity contribution < 1.29 is 4.79 Å². The van der Waals surface area contributed by atoms with E-state index in [4.69, 9.17) is 0 Å². The monoisotopic (exact) mass is 397 g/mol. The first kappa shape index (κ1) is 15.0. The Kier molecular flexibility index (Phi) is 1.94. The molecule has 4 bridgehead atoms. The summed E-state index contributed by atoms with van der Waals surface area (Å²) >= 11 is 0. The van der Waals surface area contributed by atoms with Crippen LogP contribution in [0.3, 0.4) is 0 Å². The number of aromatic nitrogens is 3. The molecule has 2 aromatic rings. The highest BCUT2D eigenvalue weighted by molar-refractivity contribution is 5.99. The zero-order valence-electron chi connectivity index (χ0n) is 16.1. The lowest BCUT2D eigenvalue weighted by Crippen LogP contribution is -2.76. The summed E-state index contributed by atoms with van der Waals surface area (Å²) in [5, 5.41) is 0. The number of rotatable bonds is 1. The predicted molar refractivity (Wildman–Crippen MR) is 106 cm³/mol. The van der Waals surface area contributed by atoms with Crippen molar-refractivity contribution in [3.63, 3.8) is 0 Å². The summed E-state index contributed by atoms with van der Waals surface area (Å²) in [5.41, 5.74) is 0.253. The van der Waals surface area contributed by atoms with E-state index in [-0.39, 0.29) is 34.8 Å². The number of benzene rings is 1. The first-order chi connectivity index (χ1) is 14.6. The number of carbonyl (C=O) groups is 1. The number of hydrogen-bond donors (Lipinski definition) is 0. The van der Waals surface area contributed by atoms with Crippen LogP contribution in [0.1, 0.15) is 18.5 Å². The predicted octanol–water partition coefficient (Wildman–Crippen LogP) is 1.72. The van der Waals surface area contributed by atoms with Crippen molar-refractivity contribution in [2.75, 3.05) is 0 Å². The summed E-state index contributed by atoms with van der Waals surface area (Å²) in [6.07, 6.45) is 5.29. The third-order valence-corrected chi connectivity index (χ3v) is 10.5. The Balaban J connectivity index is 1.42. The van der Waals surface area contributed by atoms with E-state index in [1.54, 1.807) is 21.5 Å². The molecule has 1 aromatic carbocycles. The molecule has 148 valence electrons. The number of hydrogen-bond acceptors (Lipinski definition) is 3. The summed E-state index contributed by atoms with van der Waals surface area (Å²) in [7, 11) is 0. The van der Waals surface area contributed by atoms with Gasteiger partial charge in [-0.1, -0.05) is 42.5 Å². The zero-order valence-corrected chi connectivity index (χ0v) is 16.1. The number of nitrogens with zero attached hydrogens (tertiary/aromatic N) is 3. The second-order valence-electron chi connectivity index (χ2n) is 10.5. The summed E-state index contributed by atoms with van der Waals surface area (Å²) in [6.45, 7) is 4.59. The largest absolute Gasteiger partial charge is 0.352 e. The fourth-order valence-electron chi connectivity index (χ4n) is 10.4. The molecule has 5 fully saturated rings. The molecular formula is C24H19N3O3. The van der Waals surface area contributed by atoms with Crippen molar-refractivity contribution in [2.45, 2.75) is 18.5 Å². The molecule has 6 aliphatic carbocycles. The van der Waals surface area contributed by atoms with E-state index in [0.717, 1.165) is 6.42 Å². The first-order valence-electron chi connectivity index (χ1n) is 11.0. The summed E-state index contributed by atoms with van der Waals surface area (Å²) < 4.78 is 4.57. The summed E-state index contributed by atoms with van der Waals surface area (Å²) in [5.74, 6) is 2.63. The van der Waals surface area contributed by atoms with Crippen molar-refractivity contribution >= 4 is 5.78 Å². The number of ketones is 1. The van der Waals surface area contributed by atoms with Gasteiger partial charge >= 0.3 is 11.4 Å². The van der Waals surface area contributed by atoms with E-state index >= 15 is 0 Å². The Morgan fingerprint density at radius 2 is 1.43 bits per heavy atom. The van der Waals surface area contributed by atoms with E-state index in [1.165, 1.54) is 10.1 Å². The van der Waals surface area contributed by atoms with Gasteiger partial charge in [-0.25, -0.2) is 23.5 Å². The topological polar surface area (TPSA) is 66.0 Å². The zero-order chi connectivity index (χ0) is 19.9. The first-order valence-corrected chi connectivity index (χ1v) is 11.0. The standard InChI is InChI=1S/C24H19N3O3/c1-10-16-12-9-13-17(16)20(28)24-15-8-7-14(23(10,24)18(12)19(13)24)26-21(29)25(22(30)27(15)26)11-5-3-2-4-6-11/h2-8,12-19H,1,9H2/t12?,13?,14-,15+,16?,17?,18?,19?,23?,24?/m1/s1. The Morgan fingerprint density at radius 3 is 2.13 bits per heavy atom. The third-order valence-electron chi connectivity index (χ3n) is 10.5. The molecule has 10 rings (SSSR count). The molecule has 0 amide bonds. The molecule has 1 aromatic heterocycles. The van der Waals surface area contributed by atoms with E-state index in [0.29, 0.717) is 41.1 Å². The smallest absolute Gasteiger partial charge is 0.299 e. The van der Waals surface area contributed by atoms with E-state index in [2.05, 4.69) is 18.7 Å². The van der Waals surface area contributed by atoms with Gasteiger partial charge in [-0.05, 0) is 48.1 Å². The molecule has 0 N–H and O–H groups in total. The quantitative estimate of drug-likeness (QED) is 0.689. The van der Waals surface area contributed by atoms with Crippen LogP contribution in [0.5, 0.6) is 0 Å². The van der Waals surface area contributed by atoms with Crippen LogP contribution < -0.4 is 11.4 Å². The summed E-state index contributed by atoms with van der Waals surface area (Å²) in [4.78, 5) is 41.2. The molecule has 0 radical (unpaired) electrons. The van der Waals surface area contributed by atoms with Crippen molar-refractivity contribution in [1.82, 2.24) is 13.9 Å². The molecule has 2 spiro atoms. The van der Waals surface area contributed by atoms with Crippen LogP contribution >= 0.6 is 0 Å². The van der Waals surface area contributed by atoms with E-state index < -0.39 is 5.41 Å². The molecule has 6 heteroatoms. The number of fused-ring (bicyclic) bond motifs is 1. The minimum absolute atomic E-state index is 0.110. The van der Waals surface area contributed by atoms with Gasteiger partial charge in [0.1, 0.15) is 5.78 Å². The van der Waals surface area contributed by atoms with Gasteiger partial charge in [0.2, 0.25) is 0 Å². The van der Waals surface area contributed by atoms with Gasteiger partial charge in [0.05, 0.1) is 23.2 Å². The van der Waals surface area contributed by atoms with Crippen molar-refractivity contribution in [2.24, 2.45) is 46.3 Å². The number of allylic oxidation sites excluding steroid dienone is 3. The van der Waals surface area contributed by atoms with Crippen LogP contribution in [0.2, 0.25) is 0 Å². The minimum atomic E-state index is -0.551. The van der Waals surface area contributed by atoms with E-state index in [1.807, 2.05) is 18.2 Å². The second-order valence-corrected chi connectivity index (χ2v) is 10.5. The fourth-order valence-corrected chi connectivity index (χ4v) is 10.4. The maximum atomic E-state index is 14.0. The van der Waals surface area contributed by atoms with Gasteiger partial charge in [0.25, 0.3) is 0 Å². The third kappa shape index (κ3) is 0.963. The molecule has 8 unspecified atom stereocenters. The normalized spacial score (nSPS) is 51.1. The van der Waals surface area contributed by atoms with Crippen LogP contribution in [0, 0.1) is 46.3 Å². The molecule has 8 aliphatic rings. The molecule has 0 saturated heterocycles. The molecule has 10 atom stereocenters. The minimum Gasteiger partial charge on any atom is -0.299 e. The lowest BCUT2D eigenvalue weighted by atomic mass is 9.32. The van der Waals surface area contributed by atoms with Gasteiger partial charge in [-0.2, -0.15) is 0 Å². The maximum Gasteiger partial charge on any atom is 0.352 e. The van der Waals surface area contributed by atoms with Gasteiger partial charge in [0, 0.05) is 11.3 Å². The highest BCUT2D eigenvalue weighted by atomic mass is 16.2. The Morgan fingerprint density at radius 1 is 0.833 bits per heavy atom. The lowest BCUT2D eigenvalue weighted by molar-refractivity contribution is -0.222. The van der Waals surface area contributed by atoms with Crippen molar-refractivity contribution in [3.05, 3.63) is 75.6 Å². The van der Waals surface area contributed by atoms with Crippen LogP contribution in [0.25, 0.3) is 5.69 Å². The average molecular weight is 397 g/mol. The van der Waals surface area contributed by atoms with Gasteiger partial charge in [-0.3, -0.25) is 4.79 Å². The van der Waals surface area contributed by atoms with Gasteiger partial charge in [0.15, 0.2) is 0 Å². The number of Topliss-reactive ketones (excluding diaryl/α,β-unsaturated/α-hetero) is 1. The number of para-hydroxylation sites is 1. The van der Waals surface area contributed by atoms with Crippen molar-refractivity contribution in [3.8, 4) is 5.69 Å². The van der Waals surface area contributed by atoms with Crippen LogP contribution in [0.4, 0.5) is 0 Å². The van der Waals surface area contributed by atoms with Gasteiger partial charge < -0.3 is 0 Å². The SMILES string of the molecule is C=C1C2C3CC4C2C(=O)C25C4C3C12[C@H]1C=C[C@@H]5n2c(=O)n(-c3ccccc3)c(=O)n21. The highest BCUT2D eigenvalue weighted by Gasteiger charge is 2.98. The molecule has 30 heavy (non-hydrogen) atoms. The number of carbonyl (C=O) groups excluding carboxylic acids is 1. The van der Waals surface area contributed by atoms with Crippen LogP contribution in [-0.2, 0) is 4.79 Å². The van der Waals surface area contributed by atoms with E-state index in [9.17, 15) is 14.4 Å². The fraction of sp³-hybridized carbons (Fsp3) is 0.458. The Hall–Kier alpha value is -2.89. The van der Waals surface area contributed by atoms with Crippen LogP contribution in [-0.4, -0.2) is 19.7 Å². The second kappa shape index (κ2) is 3.88. The van der Waals surface area contributed by atoms with Gasteiger partial charge in [-0.15, -0.1) is 0 Å². The average Bonchev–Trinajstić information content (AvgIpc) is 3.38. The lowest BCUT2D eigenvalue weighted by Gasteiger charge is -2.72.